The Labute approximate surface area is 98.8 Å². The summed E-state index contributed by atoms with van der Waals surface area (Å²) in [5.74, 6) is 0.689. The fourth-order valence-corrected chi connectivity index (χ4v) is 2.37. The Morgan fingerprint density at radius 3 is 2.94 bits per heavy atom. The van der Waals surface area contributed by atoms with E-state index in [-0.39, 0.29) is 0 Å². The van der Waals surface area contributed by atoms with Crippen LogP contribution in [0.4, 0.5) is 0 Å². The van der Waals surface area contributed by atoms with E-state index in [0.29, 0.717) is 5.92 Å². The summed E-state index contributed by atoms with van der Waals surface area (Å²) in [6.07, 6.45) is 13.7. The Morgan fingerprint density at radius 2 is 2.12 bits per heavy atom. The van der Waals surface area contributed by atoms with E-state index in [4.69, 9.17) is 0 Å². The van der Waals surface area contributed by atoms with Crippen molar-refractivity contribution >= 4 is 0 Å². The molecule has 0 aromatic heterocycles. The van der Waals surface area contributed by atoms with Crippen LogP contribution >= 0.6 is 0 Å². The molecular weight excluding hydrogens is 194 g/mol. The maximum atomic E-state index is 2.35. The van der Waals surface area contributed by atoms with Gasteiger partial charge in [-0.1, -0.05) is 36.8 Å². The molecule has 1 unspecified atom stereocenters. The summed E-state index contributed by atoms with van der Waals surface area (Å²) in [5.41, 5.74) is 4.39. The van der Waals surface area contributed by atoms with Gasteiger partial charge in [-0.15, -0.1) is 0 Å². The third kappa shape index (κ3) is 2.46. The zero-order chi connectivity index (χ0) is 11.5. The molecule has 2 aliphatic rings. The molecule has 1 aliphatic carbocycles. The highest BCUT2D eigenvalue weighted by molar-refractivity contribution is 5.33. The lowest BCUT2D eigenvalue weighted by Crippen LogP contribution is -2.20. The second-order valence-electron chi connectivity index (χ2n) is 4.96. The number of nitrogens with zero attached hydrogens (tertiary/aromatic N) is 1. The third-order valence-corrected chi connectivity index (χ3v) is 3.35. The normalized spacial score (nSPS) is 25.8. The lowest BCUT2D eigenvalue weighted by atomic mass is 9.91. The summed E-state index contributed by atoms with van der Waals surface area (Å²) < 4.78 is 0. The van der Waals surface area contributed by atoms with Gasteiger partial charge in [0.25, 0.3) is 0 Å². The molecular formula is C15H21N. The minimum Gasteiger partial charge on any atom is -0.371 e. The Morgan fingerprint density at radius 1 is 1.31 bits per heavy atom. The van der Waals surface area contributed by atoms with Crippen molar-refractivity contribution in [2.45, 2.75) is 26.7 Å². The van der Waals surface area contributed by atoms with E-state index in [1.165, 1.54) is 17.7 Å². The van der Waals surface area contributed by atoms with E-state index < -0.39 is 0 Å². The highest BCUT2D eigenvalue weighted by Gasteiger charge is 2.15. The molecule has 0 aromatic rings. The van der Waals surface area contributed by atoms with Crippen molar-refractivity contribution in [2.24, 2.45) is 5.92 Å². The van der Waals surface area contributed by atoms with E-state index in [9.17, 15) is 0 Å². The van der Waals surface area contributed by atoms with E-state index in [0.717, 1.165) is 13.0 Å². The number of allylic oxidation sites excluding steroid dienone is 6. The van der Waals surface area contributed by atoms with Crippen LogP contribution in [0.3, 0.4) is 0 Å². The fraction of sp³-hybridized carbons (Fsp3) is 0.467. The van der Waals surface area contributed by atoms with Crippen LogP contribution in [0.25, 0.3) is 0 Å². The second-order valence-corrected chi connectivity index (χ2v) is 4.96. The third-order valence-electron chi connectivity index (χ3n) is 3.35. The summed E-state index contributed by atoms with van der Waals surface area (Å²) in [5, 5.41) is 0. The van der Waals surface area contributed by atoms with Gasteiger partial charge in [-0.2, -0.15) is 0 Å². The van der Waals surface area contributed by atoms with Crippen LogP contribution in [0.5, 0.6) is 0 Å². The van der Waals surface area contributed by atoms with Crippen molar-refractivity contribution in [1.82, 2.24) is 4.90 Å². The Balaban J connectivity index is 2.31. The highest BCUT2D eigenvalue weighted by atomic mass is 15.1. The molecule has 86 valence electrons. The van der Waals surface area contributed by atoms with Gasteiger partial charge >= 0.3 is 0 Å². The molecule has 0 saturated carbocycles. The van der Waals surface area contributed by atoms with Gasteiger partial charge in [-0.3, -0.25) is 0 Å². The molecule has 0 aromatic carbocycles. The van der Waals surface area contributed by atoms with Crippen LogP contribution in [-0.4, -0.2) is 18.5 Å². The van der Waals surface area contributed by atoms with E-state index >= 15 is 0 Å². The molecule has 1 atom stereocenters. The van der Waals surface area contributed by atoms with Gasteiger partial charge in [0.2, 0.25) is 0 Å². The largest absolute Gasteiger partial charge is 0.371 e. The molecule has 1 nitrogen and oxygen atoms in total. The number of likely N-dealkylation sites (N-methyl/N-ethyl adjacent to an activating group) is 1. The highest BCUT2D eigenvalue weighted by Crippen LogP contribution is 2.28. The number of rotatable bonds is 0. The van der Waals surface area contributed by atoms with Crippen LogP contribution in [0.1, 0.15) is 26.7 Å². The summed E-state index contributed by atoms with van der Waals surface area (Å²) in [7, 11) is 2.18. The first-order valence-corrected chi connectivity index (χ1v) is 6.11. The van der Waals surface area contributed by atoms with Crippen LogP contribution < -0.4 is 0 Å². The molecule has 0 radical (unpaired) electrons. The zero-order valence-corrected chi connectivity index (χ0v) is 10.5. The SMILES string of the molecule is CC1=CCC2=C(C=CC(C)C2)N(C)CC=C1. The first kappa shape index (κ1) is 11.3. The van der Waals surface area contributed by atoms with Gasteiger partial charge in [0.1, 0.15) is 0 Å². The Kier molecular flexibility index (Phi) is 3.33. The monoisotopic (exact) mass is 215 g/mol. The molecule has 0 N–H and O–H groups in total. The number of hydrogen-bond donors (Lipinski definition) is 0. The molecule has 1 heterocycles. The van der Waals surface area contributed by atoms with Gasteiger partial charge in [-0.05, 0) is 37.3 Å². The number of hydrogen-bond acceptors (Lipinski definition) is 1. The molecule has 16 heavy (non-hydrogen) atoms. The van der Waals surface area contributed by atoms with E-state index in [1.807, 2.05) is 0 Å². The molecule has 1 heteroatoms. The van der Waals surface area contributed by atoms with Crippen LogP contribution in [-0.2, 0) is 0 Å². The summed E-state index contributed by atoms with van der Waals surface area (Å²) in [6, 6.07) is 0. The van der Waals surface area contributed by atoms with Gasteiger partial charge in [0.05, 0.1) is 0 Å². The van der Waals surface area contributed by atoms with Crippen LogP contribution in [0, 0.1) is 5.92 Å². The topological polar surface area (TPSA) is 3.24 Å². The molecule has 0 fully saturated rings. The lowest BCUT2D eigenvalue weighted by molar-refractivity contribution is 0.461. The summed E-state index contributed by atoms with van der Waals surface area (Å²) in [4.78, 5) is 2.35. The maximum absolute atomic E-state index is 2.35. The molecule has 0 saturated heterocycles. The fourth-order valence-electron chi connectivity index (χ4n) is 2.37. The average Bonchev–Trinajstić information content (AvgIpc) is 2.31. The summed E-state index contributed by atoms with van der Waals surface area (Å²) >= 11 is 0. The molecule has 1 aliphatic heterocycles. The van der Waals surface area contributed by atoms with Crippen molar-refractivity contribution in [3.8, 4) is 0 Å². The molecule has 0 spiro atoms. The predicted octanol–water partition coefficient (Wildman–Crippen LogP) is 3.67. The standard InChI is InChI=1S/C15H21N/c1-12-5-4-10-16(3)15-9-7-13(2)11-14(15)8-6-12/h4-7,9,13H,8,10-11H2,1-3H3. The van der Waals surface area contributed by atoms with Gasteiger partial charge < -0.3 is 4.90 Å². The first-order valence-electron chi connectivity index (χ1n) is 6.11. The first-order chi connectivity index (χ1) is 7.66. The second kappa shape index (κ2) is 4.73. The molecule has 0 bridgehead atoms. The van der Waals surface area contributed by atoms with Crippen molar-refractivity contribution < 1.29 is 0 Å². The van der Waals surface area contributed by atoms with Crippen LogP contribution in [0.15, 0.2) is 47.2 Å². The molecule has 0 amide bonds. The Hall–Kier alpha value is -1.24. The van der Waals surface area contributed by atoms with Gasteiger partial charge in [-0.25, -0.2) is 0 Å². The molecule has 2 rings (SSSR count). The Bertz CT molecular complexity index is 382. The smallest absolute Gasteiger partial charge is 0.0359 e. The average molecular weight is 215 g/mol. The minimum absolute atomic E-state index is 0.689. The van der Waals surface area contributed by atoms with Crippen molar-refractivity contribution in [3.05, 3.63) is 47.2 Å². The van der Waals surface area contributed by atoms with E-state index in [2.05, 4.69) is 56.2 Å². The maximum Gasteiger partial charge on any atom is 0.0359 e. The van der Waals surface area contributed by atoms with Gasteiger partial charge in [0.15, 0.2) is 0 Å². The minimum atomic E-state index is 0.689. The van der Waals surface area contributed by atoms with Gasteiger partial charge in [0, 0.05) is 19.3 Å². The van der Waals surface area contributed by atoms with E-state index in [1.54, 1.807) is 5.57 Å². The van der Waals surface area contributed by atoms with Crippen molar-refractivity contribution in [3.63, 3.8) is 0 Å². The van der Waals surface area contributed by atoms with Crippen molar-refractivity contribution in [2.75, 3.05) is 13.6 Å². The zero-order valence-electron chi connectivity index (χ0n) is 10.5. The predicted molar refractivity (Wildman–Crippen MR) is 70.1 cm³/mol. The lowest BCUT2D eigenvalue weighted by Gasteiger charge is -2.26. The quantitative estimate of drug-likeness (QED) is 0.596. The van der Waals surface area contributed by atoms with Crippen LogP contribution in [0.2, 0.25) is 0 Å². The summed E-state index contributed by atoms with van der Waals surface area (Å²) in [6.45, 7) is 5.48. The van der Waals surface area contributed by atoms with Crippen molar-refractivity contribution in [1.29, 1.82) is 0 Å².